The Hall–Kier alpha value is -3.28. The lowest BCUT2D eigenvalue weighted by molar-refractivity contribution is -0.121. The fraction of sp³-hybridized carbons (Fsp3) is 0.280. The predicted molar refractivity (Wildman–Crippen MR) is 142 cm³/mol. The summed E-state index contributed by atoms with van der Waals surface area (Å²) in [6, 6.07) is 9.79. The minimum Gasteiger partial charge on any atom is -0.357 e. The fourth-order valence-corrected chi connectivity index (χ4v) is 4.34. The average Bonchev–Trinajstić information content (AvgIpc) is 3.06. The summed E-state index contributed by atoms with van der Waals surface area (Å²) in [6.45, 7) is 2.57. The lowest BCUT2D eigenvalue weighted by Crippen LogP contribution is -2.38. The van der Waals surface area contributed by atoms with Crippen LogP contribution in [0.15, 0.2) is 42.6 Å². The van der Waals surface area contributed by atoms with Gasteiger partial charge in [-0.15, -0.1) is 0 Å². The maximum absolute atomic E-state index is 15.1. The molecule has 0 radical (unpaired) electrons. The zero-order chi connectivity index (χ0) is 24.9. The summed E-state index contributed by atoms with van der Waals surface area (Å²) in [5, 5.41) is 11.6. The number of hydrogen-bond acceptors (Lipinski definition) is 6. The van der Waals surface area contributed by atoms with Gasteiger partial charge in [-0.05, 0) is 89.7 Å². The highest BCUT2D eigenvalue weighted by atomic mass is 127. The molecule has 4 N–H and O–H groups in total. The van der Waals surface area contributed by atoms with Gasteiger partial charge >= 0.3 is 0 Å². The van der Waals surface area contributed by atoms with Crippen LogP contribution in [0.4, 0.5) is 21.8 Å². The number of nitrogens with zero attached hydrogens (tertiary/aromatic N) is 2. The summed E-state index contributed by atoms with van der Waals surface area (Å²) in [4.78, 5) is 32.8. The van der Waals surface area contributed by atoms with Gasteiger partial charge in [0.15, 0.2) is 0 Å². The number of aryl methyl sites for hydroxylation is 1. The van der Waals surface area contributed by atoms with E-state index >= 15 is 4.39 Å². The summed E-state index contributed by atoms with van der Waals surface area (Å²) in [7, 11) is 1.58. The van der Waals surface area contributed by atoms with Gasteiger partial charge in [0.05, 0.1) is 9.26 Å². The molecule has 1 atom stereocenters. The van der Waals surface area contributed by atoms with E-state index in [4.69, 9.17) is 0 Å². The predicted octanol–water partition coefficient (Wildman–Crippen LogP) is 4.38. The molecular formula is C25H26FIN6O2. The van der Waals surface area contributed by atoms with Gasteiger partial charge in [0.1, 0.15) is 17.7 Å². The number of hydrogen-bond donors (Lipinski definition) is 4. The van der Waals surface area contributed by atoms with E-state index in [-0.39, 0.29) is 29.5 Å². The molecule has 2 amide bonds. The molecule has 182 valence electrons. The number of carbonyl (C=O) groups is 2. The lowest BCUT2D eigenvalue weighted by atomic mass is 9.98. The molecule has 0 unspecified atom stereocenters. The van der Waals surface area contributed by atoms with E-state index in [1.54, 1.807) is 43.6 Å². The second-order valence-corrected chi connectivity index (χ2v) is 9.46. The second kappa shape index (κ2) is 11.0. The van der Waals surface area contributed by atoms with Crippen LogP contribution >= 0.6 is 22.6 Å². The molecule has 2 heterocycles. The first kappa shape index (κ1) is 24.8. The Labute approximate surface area is 216 Å². The molecule has 0 saturated carbocycles. The molecule has 1 saturated heterocycles. The Morgan fingerprint density at radius 3 is 2.71 bits per heavy atom. The Bertz CT molecular complexity index is 1250. The average molecular weight is 588 g/mol. The number of halogens is 2. The van der Waals surface area contributed by atoms with Crippen LogP contribution in [-0.2, 0) is 4.79 Å². The van der Waals surface area contributed by atoms with Gasteiger partial charge in [-0.2, -0.15) is 4.98 Å². The molecule has 2 aromatic carbocycles. The van der Waals surface area contributed by atoms with Crippen molar-refractivity contribution >= 4 is 51.9 Å². The van der Waals surface area contributed by atoms with Crippen molar-refractivity contribution in [3.63, 3.8) is 0 Å². The number of nitrogens with one attached hydrogen (secondary N) is 4. The largest absolute Gasteiger partial charge is 0.357 e. The van der Waals surface area contributed by atoms with Crippen LogP contribution in [0.3, 0.4) is 0 Å². The van der Waals surface area contributed by atoms with Crippen molar-refractivity contribution in [3.05, 3.63) is 63.1 Å². The number of benzene rings is 2. The van der Waals surface area contributed by atoms with E-state index in [0.29, 0.717) is 24.3 Å². The number of anilines is 3. The Kier molecular flexibility index (Phi) is 7.79. The highest BCUT2D eigenvalue weighted by Gasteiger charge is 2.22. The number of aromatic nitrogens is 2. The molecule has 1 aliphatic rings. The summed E-state index contributed by atoms with van der Waals surface area (Å²) < 4.78 is 15.8. The van der Waals surface area contributed by atoms with Gasteiger partial charge in [0.25, 0.3) is 5.91 Å². The van der Waals surface area contributed by atoms with Gasteiger partial charge in [-0.1, -0.05) is 12.1 Å². The molecule has 35 heavy (non-hydrogen) atoms. The van der Waals surface area contributed by atoms with E-state index in [1.165, 1.54) is 6.07 Å². The van der Waals surface area contributed by atoms with E-state index < -0.39 is 5.82 Å². The first-order valence-electron chi connectivity index (χ1n) is 11.3. The maximum Gasteiger partial charge on any atom is 0.251 e. The number of rotatable bonds is 6. The fourth-order valence-electron chi connectivity index (χ4n) is 3.92. The molecule has 0 spiro atoms. The normalized spacial score (nSPS) is 15.7. The summed E-state index contributed by atoms with van der Waals surface area (Å²) in [6.07, 6.45) is 4.23. The monoisotopic (exact) mass is 588 g/mol. The van der Waals surface area contributed by atoms with Crippen molar-refractivity contribution in [2.45, 2.75) is 32.2 Å². The van der Waals surface area contributed by atoms with Gasteiger partial charge in [-0.25, -0.2) is 9.37 Å². The number of amides is 2. The standard InChI is InChI=1S/C25H26FIN6O2/c1-14-11-21(18(26)12-17(14)15-6-8-16(9-7-15)23(34)28-2)32-25-30-13-19(27)22(33-25)31-20-5-3-4-10-29-24(20)35/h6-9,11-13,20H,3-5,10H2,1-2H3,(H,28,34)(H,29,35)(H2,30,31,32,33)/t20-/m1/s1. The Morgan fingerprint density at radius 1 is 1.20 bits per heavy atom. The van der Waals surface area contributed by atoms with E-state index in [2.05, 4.69) is 53.8 Å². The van der Waals surface area contributed by atoms with E-state index in [9.17, 15) is 9.59 Å². The highest BCUT2D eigenvalue weighted by molar-refractivity contribution is 14.1. The summed E-state index contributed by atoms with van der Waals surface area (Å²) >= 11 is 2.11. The van der Waals surface area contributed by atoms with Crippen LogP contribution < -0.4 is 21.3 Å². The quantitative estimate of drug-likeness (QED) is 0.319. The number of carbonyl (C=O) groups excluding carboxylic acids is 2. The van der Waals surface area contributed by atoms with Crippen LogP contribution in [0, 0.1) is 16.3 Å². The molecule has 1 aromatic heterocycles. The van der Waals surface area contributed by atoms with Crippen molar-refractivity contribution in [2.24, 2.45) is 0 Å². The van der Waals surface area contributed by atoms with Gasteiger partial charge < -0.3 is 21.3 Å². The summed E-state index contributed by atoms with van der Waals surface area (Å²) in [5.74, 6) is 0.0657. The first-order chi connectivity index (χ1) is 16.9. The smallest absolute Gasteiger partial charge is 0.251 e. The van der Waals surface area contributed by atoms with Gasteiger partial charge in [0.2, 0.25) is 11.9 Å². The van der Waals surface area contributed by atoms with Crippen molar-refractivity contribution in [1.29, 1.82) is 0 Å². The van der Waals surface area contributed by atoms with Crippen molar-refractivity contribution < 1.29 is 14.0 Å². The lowest BCUT2D eigenvalue weighted by Gasteiger charge is -2.17. The molecule has 1 aliphatic heterocycles. The van der Waals surface area contributed by atoms with Crippen molar-refractivity contribution in [3.8, 4) is 11.1 Å². The van der Waals surface area contributed by atoms with E-state index in [1.807, 2.05) is 6.92 Å². The Balaban J connectivity index is 1.54. The highest BCUT2D eigenvalue weighted by Crippen LogP contribution is 2.30. The molecule has 0 aliphatic carbocycles. The van der Waals surface area contributed by atoms with Crippen molar-refractivity contribution in [2.75, 3.05) is 24.2 Å². The SMILES string of the molecule is CNC(=O)c1ccc(-c2cc(F)c(Nc3ncc(I)c(N[C@@H]4CCCCNC4=O)n3)cc2C)cc1. The van der Waals surface area contributed by atoms with Crippen molar-refractivity contribution in [1.82, 2.24) is 20.6 Å². The third kappa shape index (κ3) is 5.87. The van der Waals surface area contributed by atoms with E-state index in [0.717, 1.165) is 33.1 Å². The zero-order valence-corrected chi connectivity index (χ0v) is 21.6. The molecular weight excluding hydrogens is 562 g/mol. The Morgan fingerprint density at radius 2 is 1.97 bits per heavy atom. The van der Waals surface area contributed by atoms with Gasteiger partial charge in [0, 0.05) is 25.4 Å². The molecule has 1 fully saturated rings. The third-order valence-electron chi connectivity index (χ3n) is 5.84. The third-order valence-corrected chi connectivity index (χ3v) is 6.63. The zero-order valence-electron chi connectivity index (χ0n) is 19.4. The molecule has 0 bridgehead atoms. The van der Waals surface area contributed by atoms with Crippen LogP contribution in [0.2, 0.25) is 0 Å². The van der Waals surface area contributed by atoms with Crippen LogP contribution in [0.1, 0.15) is 35.2 Å². The molecule has 3 aromatic rings. The van der Waals surface area contributed by atoms with Crippen LogP contribution in [0.5, 0.6) is 0 Å². The first-order valence-corrected chi connectivity index (χ1v) is 12.4. The topological polar surface area (TPSA) is 108 Å². The molecule has 4 rings (SSSR count). The second-order valence-electron chi connectivity index (χ2n) is 8.30. The maximum atomic E-state index is 15.1. The minimum absolute atomic E-state index is 0.0490. The minimum atomic E-state index is -0.458. The summed E-state index contributed by atoms with van der Waals surface area (Å²) in [5.41, 5.74) is 3.16. The van der Waals surface area contributed by atoms with Crippen LogP contribution in [0.25, 0.3) is 11.1 Å². The molecule has 8 nitrogen and oxygen atoms in total. The molecule has 10 heteroatoms. The van der Waals surface area contributed by atoms with Crippen LogP contribution in [-0.4, -0.2) is 41.4 Å². The van der Waals surface area contributed by atoms with Gasteiger partial charge in [-0.3, -0.25) is 9.59 Å².